The molecule has 0 bridgehead atoms. The van der Waals surface area contributed by atoms with Gasteiger partial charge in [0.2, 0.25) is 17.7 Å². The van der Waals surface area contributed by atoms with Crippen molar-refractivity contribution in [1.82, 2.24) is 15.1 Å². The molecule has 3 unspecified atom stereocenters. The summed E-state index contributed by atoms with van der Waals surface area (Å²) >= 11 is 0. The molecule has 7 heteroatoms. The summed E-state index contributed by atoms with van der Waals surface area (Å²) in [7, 11) is 0. The molecule has 1 aliphatic heterocycles. The number of aliphatic hydroxyl groups excluding tert-OH is 1. The van der Waals surface area contributed by atoms with Crippen LogP contribution < -0.4 is 5.32 Å². The van der Waals surface area contributed by atoms with Crippen molar-refractivity contribution >= 4 is 17.7 Å². The highest BCUT2D eigenvalue weighted by atomic mass is 16.3. The Morgan fingerprint density at radius 1 is 1.12 bits per heavy atom. The quantitative estimate of drug-likeness (QED) is 0.406. The molecule has 2 N–H and O–H groups in total. The van der Waals surface area contributed by atoms with Gasteiger partial charge in [0.25, 0.3) is 0 Å². The monoisotopic (exact) mass is 473 g/mol. The van der Waals surface area contributed by atoms with Gasteiger partial charge in [-0.05, 0) is 38.7 Å². The molecule has 0 radical (unpaired) electrons. The minimum absolute atomic E-state index is 0.0209. The summed E-state index contributed by atoms with van der Waals surface area (Å²) in [4.78, 5) is 43.2. The summed E-state index contributed by atoms with van der Waals surface area (Å²) in [6.07, 6.45) is 5.69. The smallest absolute Gasteiger partial charge is 0.245 e. The molecular formula is C27H43N3O4. The Kier molecular flexibility index (Phi) is 12.1. The summed E-state index contributed by atoms with van der Waals surface area (Å²) in [6.45, 7) is 7.74. The zero-order valence-electron chi connectivity index (χ0n) is 21.2. The van der Waals surface area contributed by atoms with Crippen LogP contribution in [0.1, 0.15) is 71.3 Å². The second-order valence-electron chi connectivity index (χ2n) is 9.22. The topological polar surface area (TPSA) is 90.0 Å². The third-order valence-corrected chi connectivity index (χ3v) is 6.83. The maximum absolute atomic E-state index is 13.5. The molecule has 0 aliphatic carbocycles. The fourth-order valence-electron chi connectivity index (χ4n) is 4.74. The Balaban J connectivity index is 2.20. The van der Waals surface area contributed by atoms with Crippen LogP contribution in [0.15, 0.2) is 30.3 Å². The maximum Gasteiger partial charge on any atom is 0.245 e. The molecule has 190 valence electrons. The SMILES string of the molecule is CCCCCC(CC(=O)N(CC)CC)C(=O)NC(Cc1ccccc1)C(=O)N1CCCC1CO. The molecule has 0 aromatic heterocycles. The van der Waals surface area contributed by atoms with Crippen LogP contribution >= 0.6 is 0 Å². The minimum atomic E-state index is -0.723. The predicted molar refractivity (Wildman–Crippen MR) is 134 cm³/mol. The van der Waals surface area contributed by atoms with Crippen molar-refractivity contribution in [3.63, 3.8) is 0 Å². The molecule has 0 saturated carbocycles. The molecular weight excluding hydrogens is 430 g/mol. The van der Waals surface area contributed by atoms with Gasteiger partial charge < -0.3 is 20.2 Å². The second-order valence-corrected chi connectivity index (χ2v) is 9.22. The molecule has 34 heavy (non-hydrogen) atoms. The number of unbranched alkanes of at least 4 members (excludes halogenated alkanes) is 2. The lowest BCUT2D eigenvalue weighted by molar-refractivity contribution is -0.140. The highest BCUT2D eigenvalue weighted by Gasteiger charge is 2.35. The number of amides is 3. The van der Waals surface area contributed by atoms with Gasteiger partial charge in [-0.3, -0.25) is 14.4 Å². The minimum Gasteiger partial charge on any atom is -0.394 e. The number of hydrogen-bond donors (Lipinski definition) is 2. The predicted octanol–water partition coefficient (Wildman–Crippen LogP) is 3.15. The summed E-state index contributed by atoms with van der Waals surface area (Å²) < 4.78 is 0. The zero-order valence-corrected chi connectivity index (χ0v) is 21.2. The molecule has 3 atom stereocenters. The molecule has 1 saturated heterocycles. The fraction of sp³-hybridized carbons (Fsp3) is 0.667. The van der Waals surface area contributed by atoms with Gasteiger partial charge in [-0.25, -0.2) is 0 Å². The molecule has 7 nitrogen and oxygen atoms in total. The first-order valence-electron chi connectivity index (χ1n) is 13.0. The van der Waals surface area contributed by atoms with Gasteiger partial charge in [0.15, 0.2) is 0 Å². The first-order chi connectivity index (χ1) is 16.4. The van der Waals surface area contributed by atoms with Gasteiger partial charge in [0.05, 0.1) is 12.6 Å². The summed E-state index contributed by atoms with van der Waals surface area (Å²) in [5, 5.41) is 12.7. The number of carbonyl (C=O) groups excluding carboxylic acids is 3. The number of rotatable bonds is 14. The van der Waals surface area contributed by atoms with Crippen LogP contribution in [0.3, 0.4) is 0 Å². The molecule has 1 aromatic carbocycles. The van der Waals surface area contributed by atoms with Crippen LogP contribution in [-0.2, 0) is 20.8 Å². The lowest BCUT2D eigenvalue weighted by atomic mass is 9.95. The van der Waals surface area contributed by atoms with Gasteiger partial charge in [0.1, 0.15) is 6.04 Å². The number of aliphatic hydroxyl groups is 1. The van der Waals surface area contributed by atoms with Crippen molar-refractivity contribution in [2.24, 2.45) is 5.92 Å². The number of likely N-dealkylation sites (tertiary alicyclic amines) is 1. The van der Waals surface area contributed by atoms with Gasteiger partial charge in [-0.15, -0.1) is 0 Å². The van der Waals surface area contributed by atoms with Crippen molar-refractivity contribution in [2.45, 2.75) is 84.2 Å². The van der Waals surface area contributed by atoms with Gasteiger partial charge in [-0.2, -0.15) is 0 Å². The van der Waals surface area contributed by atoms with E-state index in [-0.39, 0.29) is 36.8 Å². The van der Waals surface area contributed by atoms with Crippen LogP contribution in [0.5, 0.6) is 0 Å². The van der Waals surface area contributed by atoms with E-state index >= 15 is 0 Å². The average Bonchev–Trinajstić information content (AvgIpc) is 3.33. The first-order valence-corrected chi connectivity index (χ1v) is 13.0. The Morgan fingerprint density at radius 2 is 1.82 bits per heavy atom. The third kappa shape index (κ3) is 8.12. The Bertz CT molecular complexity index is 766. The lowest BCUT2D eigenvalue weighted by Gasteiger charge is -2.30. The number of nitrogens with zero attached hydrogens (tertiary/aromatic N) is 2. The third-order valence-electron chi connectivity index (χ3n) is 6.83. The van der Waals surface area contributed by atoms with E-state index in [1.807, 2.05) is 44.2 Å². The van der Waals surface area contributed by atoms with Crippen molar-refractivity contribution in [3.8, 4) is 0 Å². The number of carbonyl (C=O) groups is 3. The van der Waals surface area contributed by atoms with E-state index in [1.165, 1.54) is 0 Å². The van der Waals surface area contributed by atoms with Crippen LogP contribution in [0.4, 0.5) is 0 Å². The van der Waals surface area contributed by atoms with Crippen molar-refractivity contribution in [3.05, 3.63) is 35.9 Å². The van der Waals surface area contributed by atoms with Crippen LogP contribution in [-0.4, -0.2) is 71.0 Å². The number of hydrogen-bond acceptors (Lipinski definition) is 4. The molecule has 1 fully saturated rings. The van der Waals surface area contributed by atoms with Crippen LogP contribution in [0.2, 0.25) is 0 Å². The van der Waals surface area contributed by atoms with Crippen molar-refractivity contribution in [1.29, 1.82) is 0 Å². The van der Waals surface area contributed by atoms with Gasteiger partial charge in [0, 0.05) is 38.4 Å². The van der Waals surface area contributed by atoms with Gasteiger partial charge in [-0.1, -0.05) is 56.5 Å². The Morgan fingerprint density at radius 3 is 2.44 bits per heavy atom. The van der Waals surface area contributed by atoms with Crippen LogP contribution in [0.25, 0.3) is 0 Å². The molecule has 3 amide bonds. The van der Waals surface area contributed by atoms with Crippen molar-refractivity contribution in [2.75, 3.05) is 26.2 Å². The van der Waals surface area contributed by atoms with E-state index < -0.39 is 12.0 Å². The molecule has 1 aliphatic rings. The standard InChI is InChI=1S/C27H43N3O4/c1-4-7-9-15-22(19-25(32)29(5-2)6-3)26(33)28-24(18-21-13-10-8-11-14-21)27(34)30-17-12-16-23(30)20-31/h8,10-11,13-14,22-24,31H,4-7,9,12,15-20H2,1-3H3,(H,28,33). The van der Waals surface area contributed by atoms with Crippen molar-refractivity contribution < 1.29 is 19.5 Å². The normalized spacial score (nSPS) is 17.3. The Labute approximate surface area is 204 Å². The number of benzene rings is 1. The van der Waals surface area contributed by atoms with E-state index in [1.54, 1.807) is 9.80 Å². The molecule has 1 heterocycles. The summed E-state index contributed by atoms with van der Waals surface area (Å²) in [6, 6.07) is 8.73. The van der Waals surface area contributed by atoms with Gasteiger partial charge >= 0.3 is 0 Å². The van der Waals surface area contributed by atoms with E-state index in [9.17, 15) is 19.5 Å². The second kappa shape index (κ2) is 14.8. The fourth-order valence-corrected chi connectivity index (χ4v) is 4.74. The number of nitrogens with one attached hydrogen (secondary N) is 1. The van der Waals surface area contributed by atoms with Crippen LogP contribution in [0, 0.1) is 5.92 Å². The average molecular weight is 474 g/mol. The van der Waals surface area contributed by atoms with E-state index in [4.69, 9.17) is 0 Å². The molecule has 0 spiro atoms. The zero-order chi connectivity index (χ0) is 24.9. The summed E-state index contributed by atoms with van der Waals surface area (Å²) in [5.74, 6) is -0.868. The van der Waals surface area contributed by atoms with E-state index in [0.29, 0.717) is 32.5 Å². The molecule has 2 rings (SSSR count). The molecule has 1 aromatic rings. The Hall–Kier alpha value is -2.41. The highest BCUT2D eigenvalue weighted by molar-refractivity contribution is 5.91. The largest absolute Gasteiger partial charge is 0.394 e. The first kappa shape index (κ1) is 27.8. The lowest BCUT2D eigenvalue weighted by Crippen LogP contribution is -2.53. The van der Waals surface area contributed by atoms with E-state index in [2.05, 4.69) is 12.2 Å². The van der Waals surface area contributed by atoms with E-state index in [0.717, 1.165) is 37.7 Å². The summed E-state index contributed by atoms with van der Waals surface area (Å²) in [5.41, 5.74) is 0.961. The maximum atomic E-state index is 13.5. The highest BCUT2D eigenvalue weighted by Crippen LogP contribution is 2.21.